The largest absolute Gasteiger partial charge is 0.496 e. The van der Waals surface area contributed by atoms with Crippen LogP contribution in [-0.4, -0.2) is 56.4 Å². The summed E-state index contributed by atoms with van der Waals surface area (Å²) in [6.07, 6.45) is 30.2. The van der Waals surface area contributed by atoms with Crippen molar-refractivity contribution in [1.29, 1.82) is 0 Å². The monoisotopic (exact) mass is 1080 g/mol. The Labute approximate surface area is 466 Å². The minimum Gasteiger partial charge on any atom is -0.496 e. The van der Waals surface area contributed by atoms with Crippen molar-refractivity contribution < 1.29 is 43.3 Å². The van der Waals surface area contributed by atoms with Crippen LogP contribution in [0.1, 0.15) is 252 Å². The Hall–Kier alpha value is -4.43. The number of carbonyl (C=O) groups is 2. The van der Waals surface area contributed by atoms with E-state index in [0.717, 1.165) is 57.8 Å². The van der Waals surface area contributed by atoms with Crippen molar-refractivity contribution in [1.82, 2.24) is 0 Å². The van der Waals surface area contributed by atoms with E-state index in [1.165, 1.54) is 150 Å². The van der Waals surface area contributed by atoms with E-state index in [2.05, 4.69) is 27.7 Å². The summed E-state index contributed by atoms with van der Waals surface area (Å²) in [6, 6.07) is 24.2. The van der Waals surface area contributed by atoms with Gasteiger partial charge in [-0.1, -0.05) is 242 Å². The van der Waals surface area contributed by atoms with E-state index in [-0.39, 0.29) is 62.2 Å². The standard InChI is InChI=1S/C67H101O9P/c1-9-12-15-18-21-24-27-32-39-52(50-67(4,48-37-28-25-22-19-16-13-10-2)49-38-29-26-23-20-17-14-11-3)51-77(72,57-46-44-55(73-5)59(65(57)75-7)63(70)61(68)53-40-33-30-34-41-53)58-47-45-56(74-6)60(66(58)76-8)64(71)62(69)54-42-35-31-36-43-54/h30-31,33-36,40-47,52,61-62,68-69H,9-29,32,37-39,48-51H2,1-8H3. The summed E-state index contributed by atoms with van der Waals surface area (Å²) in [7, 11) is 1.75. The molecule has 10 heteroatoms. The molecule has 4 rings (SSSR count). The second-order valence-electron chi connectivity index (χ2n) is 22.3. The Morgan fingerprint density at radius 2 is 0.805 bits per heavy atom. The molecule has 0 saturated carbocycles. The minimum atomic E-state index is -4.08. The van der Waals surface area contributed by atoms with Crippen LogP contribution in [0.15, 0.2) is 84.9 Å². The maximum Gasteiger partial charge on any atom is 0.203 e. The fourth-order valence-electron chi connectivity index (χ4n) is 11.7. The zero-order valence-corrected chi connectivity index (χ0v) is 49.9. The summed E-state index contributed by atoms with van der Waals surface area (Å²) in [5.74, 6) is -0.973. The number of unbranched alkanes of at least 4 members (excludes halogenated alkanes) is 21. The maximum atomic E-state index is 17.6. The highest BCUT2D eigenvalue weighted by Gasteiger charge is 2.43. The van der Waals surface area contributed by atoms with Crippen molar-refractivity contribution in [2.24, 2.45) is 11.3 Å². The number of aliphatic hydroxyl groups excluding tert-OH is 2. The van der Waals surface area contributed by atoms with Gasteiger partial charge < -0.3 is 33.7 Å². The zero-order chi connectivity index (χ0) is 55.9. The predicted molar refractivity (Wildman–Crippen MR) is 320 cm³/mol. The molecular formula is C67H101O9P. The first-order valence-electron chi connectivity index (χ1n) is 30.0. The number of hydrogen-bond donors (Lipinski definition) is 2. The molecule has 0 aliphatic rings. The first-order valence-corrected chi connectivity index (χ1v) is 31.9. The zero-order valence-electron chi connectivity index (χ0n) is 49.0. The van der Waals surface area contributed by atoms with E-state index >= 15 is 4.57 Å². The van der Waals surface area contributed by atoms with Crippen LogP contribution >= 0.6 is 7.14 Å². The van der Waals surface area contributed by atoms with Crippen LogP contribution in [0.5, 0.6) is 23.0 Å². The highest BCUT2D eigenvalue weighted by Crippen LogP contribution is 2.55. The maximum absolute atomic E-state index is 17.6. The van der Waals surface area contributed by atoms with Gasteiger partial charge in [0.25, 0.3) is 0 Å². The van der Waals surface area contributed by atoms with Gasteiger partial charge in [0, 0.05) is 6.16 Å². The average Bonchev–Trinajstić information content (AvgIpc) is 3.46. The highest BCUT2D eigenvalue weighted by atomic mass is 31.2. The van der Waals surface area contributed by atoms with Crippen LogP contribution in [-0.2, 0) is 4.57 Å². The van der Waals surface area contributed by atoms with Gasteiger partial charge in [-0.2, -0.15) is 0 Å². The Morgan fingerprint density at radius 3 is 1.14 bits per heavy atom. The molecule has 0 aliphatic carbocycles. The number of aliphatic hydroxyl groups is 2. The SMILES string of the molecule is CCCCCCCCCCC(CC(C)(CCCCCCCCCC)CCCCCCCCCC)CP(=O)(c1ccc(OC)c(C(=O)C(O)c2ccccc2)c1OC)c1ccc(OC)c(C(=O)C(O)c2ccccc2)c1OC. The molecule has 0 aliphatic heterocycles. The number of methoxy groups -OCH3 is 4. The smallest absolute Gasteiger partial charge is 0.203 e. The fraction of sp³-hybridized carbons (Fsp3) is 0.612. The quantitative estimate of drug-likeness (QED) is 0.0253. The van der Waals surface area contributed by atoms with Crippen molar-refractivity contribution in [2.45, 2.75) is 220 Å². The molecule has 3 unspecified atom stereocenters. The third-order valence-electron chi connectivity index (χ3n) is 16.1. The topological polar surface area (TPSA) is 129 Å². The first-order chi connectivity index (χ1) is 37.4. The first kappa shape index (κ1) is 65.1. The molecule has 0 fully saturated rings. The van der Waals surface area contributed by atoms with Crippen LogP contribution in [0.3, 0.4) is 0 Å². The van der Waals surface area contributed by atoms with Gasteiger partial charge in [0.1, 0.15) is 46.3 Å². The number of ether oxygens (including phenoxy) is 4. The van der Waals surface area contributed by atoms with E-state index in [9.17, 15) is 19.8 Å². The number of ketones is 2. The molecule has 0 saturated heterocycles. The van der Waals surface area contributed by atoms with E-state index in [1.54, 1.807) is 72.8 Å². The lowest BCUT2D eigenvalue weighted by Gasteiger charge is -2.36. The highest BCUT2D eigenvalue weighted by molar-refractivity contribution is 7.79. The second kappa shape index (κ2) is 36.0. The minimum absolute atomic E-state index is 0.0267. The number of hydrogen-bond acceptors (Lipinski definition) is 9. The lowest BCUT2D eigenvalue weighted by Crippen LogP contribution is -2.30. The summed E-state index contributed by atoms with van der Waals surface area (Å²) in [5, 5.41) is 24.0. The molecule has 2 N–H and O–H groups in total. The molecule has 0 heterocycles. The Morgan fingerprint density at radius 1 is 0.468 bits per heavy atom. The molecule has 0 aromatic heterocycles. The van der Waals surface area contributed by atoms with Gasteiger partial charge in [-0.3, -0.25) is 9.59 Å². The third-order valence-corrected chi connectivity index (χ3v) is 19.4. The van der Waals surface area contributed by atoms with Gasteiger partial charge in [0.05, 0.1) is 39.0 Å². The fourth-order valence-corrected chi connectivity index (χ4v) is 15.0. The molecule has 0 spiro atoms. The van der Waals surface area contributed by atoms with Crippen molar-refractivity contribution in [3.8, 4) is 23.0 Å². The van der Waals surface area contributed by atoms with E-state index in [0.29, 0.717) is 11.1 Å². The van der Waals surface area contributed by atoms with Gasteiger partial charge in [0.15, 0.2) is 7.14 Å². The molecule has 3 atom stereocenters. The summed E-state index contributed by atoms with van der Waals surface area (Å²) < 4.78 is 41.8. The van der Waals surface area contributed by atoms with Crippen molar-refractivity contribution >= 4 is 29.3 Å². The summed E-state index contributed by atoms with van der Waals surface area (Å²) >= 11 is 0. The predicted octanol–water partition coefficient (Wildman–Crippen LogP) is 17.5. The number of benzene rings is 4. The number of rotatable bonds is 43. The summed E-state index contributed by atoms with van der Waals surface area (Å²) in [6.45, 7) is 9.26. The van der Waals surface area contributed by atoms with Crippen molar-refractivity contribution in [3.63, 3.8) is 0 Å². The van der Waals surface area contributed by atoms with Crippen LogP contribution in [0.2, 0.25) is 0 Å². The van der Waals surface area contributed by atoms with Crippen LogP contribution in [0, 0.1) is 11.3 Å². The Bertz CT molecular complexity index is 2190. The lowest BCUT2D eigenvalue weighted by molar-refractivity contribution is 0.0736. The Kier molecular flexibility index (Phi) is 30.4. The normalized spacial score (nSPS) is 13.6. The molecule has 0 amide bonds. The van der Waals surface area contributed by atoms with Crippen LogP contribution in [0.4, 0.5) is 0 Å². The molecule has 428 valence electrons. The van der Waals surface area contributed by atoms with Gasteiger partial charge in [-0.15, -0.1) is 0 Å². The molecule has 4 aromatic carbocycles. The van der Waals surface area contributed by atoms with Gasteiger partial charge in [0.2, 0.25) is 11.6 Å². The summed E-state index contributed by atoms with van der Waals surface area (Å²) in [5.41, 5.74) is 0.702. The van der Waals surface area contributed by atoms with Gasteiger partial charge in [-0.25, -0.2) is 0 Å². The van der Waals surface area contributed by atoms with E-state index in [4.69, 9.17) is 18.9 Å². The third kappa shape index (κ3) is 20.0. The molecule has 0 bridgehead atoms. The van der Waals surface area contributed by atoms with E-state index < -0.39 is 30.9 Å². The lowest BCUT2D eigenvalue weighted by atomic mass is 9.73. The molecule has 4 aromatic rings. The Balaban J connectivity index is 1.95. The molecule has 0 radical (unpaired) electrons. The number of carbonyl (C=O) groups excluding carboxylic acids is 2. The number of Topliss-reactive ketones (excluding diaryl/α,β-unsaturated/α-hetero) is 2. The average molecular weight is 1080 g/mol. The van der Waals surface area contributed by atoms with Gasteiger partial charge >= 0.3 is 0 Å². The van der Waals surface area contributed by atoms with Crippen LogP contribution in [0.25, 0.3) is 0 Å². The van der Waals surface area contributed by atoms with Crippen molar-refractivity contribution in [3.05, 3.63) is 107 Å². The van der Waals surface area contributed by atoms with E-state index in [1.807, 2.05) is 12.1 Å². The van der Waals surface area contributed by atoms with Crippen LogP contribution < -0.4 is 29.6 Å². The van der Waals surface area contributed by atoms with Gasteiger partial charge in [-0.05, 0) is 72.4 Å². The molecule has 9 nitrogen and oxygen atoms in total. The summed E-state index contributed by atoms with van der Waals surface area (Å²) in [4.78, 5) is 29.6. The van der Waals surface area contributed by atoms with Crippen molar-refractivity contribution in [2.75, 3.05) is 34.6 Å². The second-order valence-corrected chi connectivity index (χ2v) is 25.1. The molecule has 77 heavy (non-hydrogen) atoms. The molecular weight excluding hydrogens is 980 g/mol.